The average Bonchev–Trinajstić information content (AvgIpc) is 1.86. The molecule has 0 N–H and O–H groups in total. The van der Waals surface area contributed by atoms with Crippen molar-refractivity contribution >= 4 is 29.4 Å². The van der Waals surface area contributed by atoms with Crippen LogP contribution in [0.3, 0.4) is 0 Å². The molecule has 0 fully saturated rings. The van der Waals surface area contributed by atoms with E-state index in [-0.39, 0.29) is 5.75 Å². The second-order valence-electron chi connectivity index (χ2n) is 1.65. The summed E-state index contributed by atoms with van der Waals surface area (Å²) in [6.07, 6.45) is 0. The summed E-state index contributed by atoms with van der Waals surface area (Å²) in [7, 11) is -4.44. The highest BCUT2D eigenvalue weighted by atomic mass is 32.7. The molecule has 0 aliphatic heterocycles. The molecule has 10 heavy (non-hydrogen) atoms. The monoisotopic (exact) mass is 203 g/mol. The summed E-state index contributed by atoms with van der Waals surface area (Å²) in [6, 6.07) is 0. The van der Waals surface area contributed by atoms with E-state index in [0.29, 0.717) is 0 Å². The molecule has 1 atom stereocenters. The van der Waals surface area contributed by atoms with Gasteiger partial charge in [-0.2, -0.15) is 0 Å². The Morgan fingerprint density at radius 3 is 2.10 bits per heavy atom. The highest BCUT2D eigenvalue weighted by Crippen LogP contribution is 2.32. The third-order valence-corrected chi connectivity index (χ3v) is 5.79. The summed E-state index contributed by atoms with van der Waals surface area (Å²) in [5.74, 6) is -0.0412. The minimum absolute atomic E-state index is 0.0412. The van der Waals surface area contributed by atoms with Crippen LogP contribution in [0.1, 0.15) is 6.92 Å². The van der Waals surface area contributed by atoms with Crippen LogP contribution in [-0.4, -0.2) is 25.3 Å². The third kappa shape index (κ3) is 2.62. The van der Waals surface area contributed by atoms with Crippen LogP contribution in [0, 0.1) is 0 Å². The SMILES string of the molecule is CCS(=O)(=O)N(C)[PH](=O)S. The minimum atomic E-state index is -3.31. The fourth-order valence-corrected chi connectivity index (χ4v) is 3.16. The molecule has 0 bridgehead atoms. The molecule has 0 saturated carbocycles. The Morgan fingerprint density at radius 2 is 2.00 bits per heavy atom. The predicted octanol–water partition coefficient (Wildman–Crippen LogP) is 0.587. The molecule has 0 saturated heterocycles. The molecule has 0 aromatic rings. The van der Waals surface area contributed by atoms with E-state index in [1.807, 2.05) is 0 Å². The third-order valence-electron chi connectivity index (χ3n) is 1.05. The summed E-state index contributed by atoms with van der Waals surface area (Å²) in [6.45, 7) is 1.49. The van der Waals surface area contributed by atoms with Gasteiger partial charge in [0.25, 0.3) is 0 Å². The standard InChI is InChI=1S/C3H10NO3PS2/c1-3-10(6,7)4(2)8(5)9/h8H,3H2,1-2H3,(H,5,9). The average molecular weight is 203 g/mol. The summed E-state index contributed by atoms with van der Waals surface area (Å²) >= 11 is 3.53. The number of thiol groups is 1. The van der Waals surface area contributed by atoms with Crippen molar-refractivity contribution < 1.29 is 13.0 Å². The fraction of sp³-hybridized carbons (Fsp3) is 1.00. The number of hydrogen-bond donors (Lipinski definition) is 1. The maximum Gasteiger partial charge on any atom is 0.219 e. The molecule has 0 heterocycles. The zero-order valence-electron chi connectivity index (χ0n) is 5.73. The molecule has 4 nitrogen and oxygen atoms in total. The van der Waals surface area contributed by atoms with Crippen molar-refractivity contribution in [3.05, 3.63) is 0 Å². The lowest BCUT2D eigenvalue weighted by atomic mass is 11.0. The van der Waals surface area contributed by atoms with Crippen molar-refractivity contribution in [2.24, 2.45) is 0 Å². The molecular weight excluding hydrogens is 193 g/mol. The number of hydrogen-bond acceptors (Lipinski definition) is 3. The van der Waals surface area contributed by atoms with Gasteiger partial charge in [0, 0.05) is 7.05 Å². The van der Waals surface area contributed by atoms with Crippen LogP contribution in [-0.2, 0) is 14.6 Å². The van der Waals surface area contributed by atoms with Crippen LogP contribution in [0.4, 0.5) is 0 Å². The molecule has 0 aromatic carbocycles. The molecule has 62 valence electrons. The van der Waals surface area contributed by atoms with Crippen LogP contribution in [0.5, 0.6) is 0 Å². The van der Waals surface area contributed by atoms with Crippen LogP contribution in [0.15, 0.2) is 0 Å². The van der Waals surface area contributed by atoms with E-state index in [1.54, 1.807) is 0 Å². The highest BCUT2D eigenvalue weighted by molar-refractivity contribution is 8.41. The largest absolute Gasteiger partial charge is 0.297 e. The predicted molar refractivity (Wildman–Crippen MR) is 45.2 cm³/mol. The van der Waals surface area contributed by atoms with Gasteiger partial charge in [-0.15, -0.1) is 16.3 Å². The first kappa shape index (κ1) is 10.5. The van der Waals surface area contributed by atoms with Crippen LogP contribution in [0.25, 0.3) is 0 Å². The van der Waals surface area contributed by atoms with Crippen molar-refractivity contribution in [1.29, 1.82) is 0 Å². The Labute approximate surface area is 66.7 Å². The number of sulfonamides is 1. The summed E-state index contributed by atoms with van der Waals surface area (Å²) < 4.78 is 33.0. The van der Waals surface area contributed by atoms with Crippen LogP contribution in [0.2, 0.25) is 0 Å². The van der Waals surface area contributed by atoms with Gasteiger partial charge in [0.2, 0.25) is 17.2 Å². The lowest BCUT2D eigenvalue weighted by Crippen LogP contribution is -2.20. The van der Waals surface area contributed by atoms with Gasteiger partial charge in [-0.1, -0.05) is 0 Å². The van der Waals surface area contributed by atoms with Gasteiger partial charge in [0.05, 0.1) is 5.75 Å². The lowest BCUT2D eigenvalue weighted by Gasteiger charge is -2.10. The molecule has 0 rings (SSSR count). The fourth-order valence-electron chi connectivity index (χ4n) is 0.313. The second kappa shape index (κ2) is 3.76. The molecule has 0 spiro atoms. The van der Waals surface area contributed by atoms with Gasteiger partial charge in [-0.3, -0.25) is 4.57 Å². The highest BCUT2D eigenvalue weighted by Gasteiger charge is 2.17. The van der Waals surface area contributed by atoms with E-state index in [0.717, 1.165) is 4.08 Å². The topological polar surface area (TPSA) is 54.5 Å². The zero-order chi connectivity index (χ0) is 8.36. The lowest BCUT2D eigenvalue weighted by molar-refractivity contribution is 0.542. The first-order valence-electron chi connectivity index (χ1n) is 2.61. The summed E-state index contributed by atoms with van der Waals surface area (Å²) in [5, 5.41) is 0. The Bertz CT molecular complexity index is 224. The normalized spacial score (nSPS) is 15.6. The molecule has 0 aliphatic carbocycles. The number of rotatable bonds is 3. The molecular formula is C3H10NO3PS2. The van der Waals surface area contributed by atoms with Crippen LogP contribution >= 0.6 is 19.4 Å². The van der Waals surface area contributed by atoms with Gasteiger partial charge in [-0.25, -0.2) is 8.42 Å². The van der Waals surface area contributed by atoms with Gasteiger partial charge in [0.1, 0.15) is 0 Å². The second-order valence-corrected chi connectivity index (χ2v) is 6.65. The Kier molecular flexibility index (Phi) is 3.94. The maximum atomic E-state index is 10.8. The van der Waals surface area contributed by atoms with E-state index in [4.69, 9.17) is 0 Å². The summed E-state index contributed by atoms with van der Waals surface area (Å²) in [5.41, 5.74) is 0. The van der Waals surface area contributed by atoms with Crippen molar-refractivity contribution in [1.82, 2.24) is 4.08 Å². The van der Waals surface area contributed by atoms with E-state index in [9.17, 15) is 13.0 Å². The minimum Gasteiger partial charge on any atom is -0.297 e. The Balaban J connectivity index is 4.51. The molecule has 7 heteroatoms. The van der Waals surface area contributed by atoms with Crippen molar-refractivity contribution in [2.75, 3.05) is 12.8 Å². The Morgan fingerprint density at radius 1 is 1.60 bits per heavy atom. The van der Waals surface area contributed by atoms with Gasteiger partial charge >= 0.3 is 0 Å². The smallest absolute Gasteiger partial charge is 0.219 e. The molecule has 1 unspecified atom stereocenters. The van der Waals surface area contributed by atoms with E-state index < -0.39 is 17.2 Å². The van der Waals surface area contributed by atoms with Crippen molar-refractivity contribution in [3.8, 4) is 0 Å². The van der Waals surface area contributed by atoms with Crippen molar-refractivity contribution in [3.63, 3.8) is 0 Å². The van der Waals surface area contributed by atoms with Gasteiger partial charge in [0.15, 0.2) is 0 Å². The van der Waals surface area contributed by atoms with E-state index in [1.165, 1.54) is 14.0 Å². The van der Waals surface area contributed by atoms with Crippen molar-refractivity contribution in [2.45, 2.75) is 6.92 Å². The molecule has 0 amide bonds. The quantitative estimate of drug-likeness (QED) is 0.539. The Hall–Kier alpha value is 0.490. The summed E-state index contributed by atoms with van der Waals surface area (Å²) in [4.78, 5) is 0. The first-order valence-corrected chi connectivity index (χ1v) is 6.86. The first-order chi connectivity index (χ1) is 4.41. The molecule has 0 radical (unpaired) electrons. The zero-order valence-corrected chi connectivity index (χ0v) is 8.45. The van der Waals surface area contributed by atoms with Crippen LogP contribution < -0.4 is 0 Å². The molecule has 0 aliphatic rings. The van der Waals surface area contributed by atoms with Gasteiger partial charge < -0.3 is 0 Å². The van der Waals surface area contributed by atoms with E-state index in [2.05, 4.69) is 12.2 Å². The molecule has 0 aromatic heterocycles. The van der Waals surface area contributed by atoms with E-state index >= 15 is 0 Å². The number of nitrogens with zero attached hydrogens (tertiary/aromatic N) is 1. The maximum absolute atomic E-state index is 10.8. The van der Waals surface area contributed by atoms with Gasteiger partial charge in [-0.05, 0) is 6.92 Å².